The van der Waals surface area contributed by atoms with Crippen molar-refractivity contribution >= 4 is 0 Å². The molecule has 1 saturated carbocycles. The van der Waals surface area contributed by atoms with Crippen LogP contribution in [-0.2, 0) is 0 Å². The summed E-state index contributed by atoms with van der Waals surface area (Å²) < 4.78 is 0. The highest BCUT2D eigenvalue weighted by molar-refractivity contribution is 5.12. The fourth-order valence-corrected chi connectivity index (χ4v) is 3.04. The third kappa shape index (κ3) is 1.10. The van der Waals surface area contributed by atoms with Gasteiger partial charge in [-0.1, -0.05) is 0 Å². The first-order valence-electron chi connectivity index (χ1n) is 5.22. The first-order chi connectivity index (χ1) is 5.44. The van der Waals surface area contributed by atoms with E-state index in [9.17, 15) is 0 Å². The van der Waals surface area contributed by atoms with Crippen LogP contribution in [0.3, 0.4) is 0 Å². The zero-order chi connectivity index (χ0) is 8.98. The number of hydrogen-bond acceptors (Lipinski definition) is 1. The molecular weight excluding hydrogens is 146 g/mol. The molecule has 2 fully saturated rings. The molecule has 0 radical (unpaired) electrons. The van der Waals surface area contributed by atoms with E-state index in [1.807, 2.05) is 0 Å². The molecule has 1 heteroatoms. The van der Waals surface area contributed by atoms with Gasteiger partial charge in [0.05, 0.1) is 0 Å². The minimum Gasteiger partial charge on any atom is -0.293 e. The van der Waals surface area contributed by atoms with Gasteiger partial charge in [0, 0.05) is 11.1 Å². The zero-order valence-corrected chi connectivity index (χ0v) is 8.85. The van der Waals surface area contributed by atoms with E-state index >= 15 is 0 Å². The number of fused-ring (bicyclic) bond motifs is 1. The Morgan fingerprint density at radius 1 is 1.33 bits per heavy atom. The largest absolute Gasteiger partial charge is 0.293 e. The Morgan fingerprint density at radius 3 is 2.50 bits per heavy atom. The van der Waals surface area contributed by atoms with Crippen LogP contribution in [0.4, 0.5) is 0 Å². The van der Waals surface area contributed by atoms with Crippen molar-refractivity contribution in [1.29, 1.82) is 0 Å². The van der Waals surface area contributed by atoms with Crippen LogP contribution >= 0.6 is 0 Å². The molecule has 2 aliphatic rings. The van der Waals surface area contributed by atoms with Gasteiger partial charge in [-0.15, -0.1) is 0 Å². The summed E-state index contributed by atoms with van der Waals surface area (Å²) in [6.45, 7) is 10.8. The van der Waals surface area contributed by atoms with Crippen molar-refractivity contribution in [3.05, 3.63) is 0 Å². The fraction of sp³-hybridized carbons (Fsp3) is 1.00. The molecule has 0 N–H and O–H groups in total. The molecule has 0 aromatic heterocycles. The van der Waals surface area contributed by atoms with Gasteiger partial charge in [-0.05, 0) is 59.4 Å². The minimum atomic E-state index is 0.379. The van der Waals surface area contributed by atoms with Crippen molar-refractivity contribution in [1.82, 2.24) is 4.90 Å². The number of hydrogen-bond donors (Lipinski definition) is 0. The van der Waals surface area contributed by atoms with Gasteiger partial charge in [0.1, 0.15) is 0 Å². The second-order valence-electron chi connectivity index (χ2n) is 5.72. The van der Waals surface area contributed by atoms with Crippen LogP contribution in [0.15, 0.2) is 0 Å². The zero-order valence-electron chi connectivity index (χ0n) is 8.85. The van der Waals surface area contributed by atoms with Crippen LogP contribution in [0.25, 0.3) is 0 Å². The number of nitrogens with zero attached hydrogens (tertiary/aromatic N) is 1. The van der Waals surface area contributed by atoms with Crippen molar-refractivity contribution in [2.75, 3.05) is 6.54 Å². The molecule has 0 aromatic rings. The van der Waals surface area contributed by atoms with Crippen molar-refractivity contribution in [3.8, 4) is 0 Å². The fourth-order valence-electron chi connectivity index (χ4n) is 3.04. The van der Waals surface area contributed by atoms with Gasteiger partial charge in [0.2, 0.25) is 0 Å². The highest BCUT2D eigenvalue weighted by Crippen LogP contribution is 2.55. The Bertz CT molecular complexity index is 192. The molecule has 1 aliphatic carbocycles. The summed E-state index contributed by atoms with van der Waals surface area (Å²) in [5.74, 6) is 1.02. The second-order valence-corrected chi connectivity index (χ2v) is 5.72. The maximum Gasteiger partial charge on any atom is 0.0218 e. The van der Waals surface area contributed by atoms with E-state index in [4.69, 9.17) is 0 Å². The third-order valence-electron chi connectivity index (χ3n) is 3.74. The van der Waals surface area contributed by atoms with Crippen molar-refractivity contribution < 1.29 is 0 Å². The molecule has 0 spiro atoms. The van der Waals surface area contributed by atoms with Crippen molar-refractivity contribution in [2.24, 2.45) is 5.92 Å². The Morgan fingerprint density at radius 2 is 2.00 bits per heavy atom. The average Bonchev–Trinajstić information content (AvgIpc) is 2.56. The molecule has 12 heavy (non-hydrogen) atoms. The van der Waals surface area contributed by atoms with E-state index in [2.05, 4.69) is 32.6 Å². The maximum absolute atomic E-state index is 2.72. The predicted molar refractivity (Wildman–Crippen MR) is 52.2 cm³/mol. The van der Waals surface area contributed by atoms with Gasteiger partial charge in [-0.25, -0.2) is 0 Å². The van der Waals surface area contributed by atoms with Crippen LogP contribution in [-0.4, -0.2) is 22.5 Å². The molecule has 0 bridgehead atoms. The van der Waals surface area contributed by atoms with Gasteiger partial charge in [-0.2, -0.15) is 0 Å². The van der Waals surface area contributed by atoms with E-state index in [0.29, 0.717) is 11.1 Å². The first kappa shape index (κ1) is 8.55. The lowest BCUT2D eigenvalue weighted by Crippen LogP contribution is -2.51. The summed E-state index contributed by atoms with van der Waals surface area (Å²) >= 11 is 0. The van der Waals surface area contributed by atoms with Gasteiger partial charge in [-0.3, -0.25) is 4.90 Å². The molecule has 0 amide bonds. The first-order valence-corrected chi connectivity index (χ1v) is 5.22. The molecule has 1 nitrogen and oxygen atoms in total. The highest BCUT2D eigenvalue weighted by atomic mass is 15.3. The maximum atomic E-state index is 2.72. The molecule has 2 rings (SSSR count). The number of piperidine rings is 1. The van der Waals surface area contributed by atoms with E-state index in [1.165, 1.54) is 25.8 Å². The average molecular weight is 167 g/mol. The lowest BCUT2D eigenvalue weighted by molar-refractivity contribution is 0.0462. The normalized spacial score (nSPS) is 42.5. The van der Waals surface area contributed by atoms with Gasteiger partial charge >= 0.3 is 0 Å². The van der Waals surface area contributed by atoms with Crippen LogP contribution in [0.1, 0.15) is 47.0 Å². The Balaban J connectivity index is 2.15. The summed E-state index contributed by atoms with van der Waals surface area (Å²) in [4.78, 5) is 2.72. The molecule has 1 heterocycles. The molecule has 2 atom stereocenters. The second kappa shape index (κ2) is 2.25. The Hall–Kier alpha value is -0.0400. The van der Waals surface area contributed by atoms with Crippen LogP contribution in [0.5, 0.6) is 0 Å². The van der Waals surface area contributed by atoms with Gasteiger partial charge in [0.25, 0.3) is 0 Å². The molecule has 1 saturated heterocycles. The van der Waals surface area contributed by atoms with Crippen LogP contribution < -0.4 is 0 Å². The topological polar surface area (TPSA) is 3.24 Å². The van der Waals surface area contributed by atoms with Gasteiger partial charge in [0.15, 0.2) is 0 Å². The highest BCUT2D eigenvalue weighted by Gasteiger charge is 2.57. The van der Waals surface area contributed by atoms with E-state index in [-0.39, 0.29) is 0 Å². The smallest absolute Gasteiger partial charge is 0.0218 e. The summed E-state index contributed by atoms with van der Waals surface area (Å²) in [6, 6.07) is 0. The molecular formula is C11H21N. The number of likely N-dealkylation sites (tertiary alicyclic amines) is 1. The SMILES string of the molecule is CC(C)(C)N1CCCC2CC21C. The van der Waals surface area contributed by atoms with Crippen LogP contribution in [0, 0.1) is 5.92 Å². The molecule has 2 unspecified atom stereocenters. The Labute approximate surface area is 76.1 Å². The van der Waals surface area contributed by atoms with E-state index in [0.717, 1.165) is 5.92 Å². The summed E-state index contributed by atoms with van der Waals surface area (Å²) in [5.41, 5.74) is 0.959. The van der Waals surface area contributed by atoms with Gasteiger partial charge < -0.3 is 0 Å². The number of rotatable bonds is 0. The summed E-state index contributed by atoms with van der Waals surface area (Å²) in [7, 11) is 0. The molecule has 0 aromatic carbocycles. The monoisotopic (exact) mass is 167 g/mol. The molecule has 1 aliphatic heterocycles. The van der Waals surface area contributed by atoms with E-state index in [1.54, 1.807) is 0 Å². The summed E-state index contributed by atoms with van der Waals surface area (Å²) in [6.07, 6.45) is 4.34. The van der Waals surface area contributed by atoms with E-state index < -0.39 is 0 Å². The molecule has 70 valence electrons. The predicted octanol–water partition coefficient (Wildman–Crippen LogP) is 2.66. The van der Waals surface area contributed by atoms with Crippen LogP contribution in [0.2, 0.25) is 0 Å². The summed E-state index contributed by atoms with van der Waals surface area (Å²) in [5, 5.41) is 0. The minimum absolute atomic E-state index is 0.379. The lowest BCUT2D eigenvalue weighted by Gasteiger charge is -2.44. The Kier molecular flexibility index (Phi) is 1.61. The van der Waals surface area contributed by atoms with Crippen molar-refractivity contribution in [2.45, 2.75) is 58.0 Å². The van der Waals surface area contributed by atoms with Crippen molar-refractivity contribution in [3.63, 3.8) is 0 Å². The lowest BCUT2D eigenvalue weighted by atomic mass is 9.95. The third-order valence-corrected chi connectivity index (χ3v) is 3.74. The quantitative estimate of drug-likeness (QED) is 0.536. The standard InChI is InChI=1S/C11H21N/c1-10(2,3)12-7-5-6-9-8-11(9,12)4/h9H,5-8H2,1-4H3.